The van der Waals surface area contributed by atoms with Crippen LogP contribution in [0.15, 0.2) is 18.3 Å². The van der Waals surface area contributed by atoms with E-state index >= 15 is 0 Å². The summed E-state index contributed by atoms with van der Waals surface area (Å²) in [6.45, 7) is 3.36. The molecular formula is C11H18N4O. The summed E-state index contributed by atoms with van der Waals surface area (Å²) in [6, 6.07) is 3.56. The molecular weight excluding hydrogens is 204 g/mol. The molecule has 0 spiro atoms. The number of aromatic nitrogens is 1. The van der Waals surface area contributed by atoms with Gasteiger partial charge in [0.25, 0.3) is 0 Å². The lowest BCUT2D eigenvalue weighted by Gasteiger charge is -2.06. The average molecular weight is 222 g/mol. The highest BCUT2D eigenvalue weighted by atomic mass is 16.1. The highest BCUT2D eigenvalue weighted by molar-refractivity contribution is 5.76. The first kappa shape index (κ1) is 12.3. The number of amides is 1. The van der Waals surface area contributed by atoms with Crippen LogP contribution in [0.5, 0.6) is 0 Å². The Morgan fingerprint density at radius 2 is 2.25 bits per heavy atom. The number of rotatable bonds is 6. The summed E-state index contributed by atoms with van der Waals surface area (Å²) in [5, 5.41) is 5.91. The van der Waals surface area contributed by atoms with Crippen molar-refractivity contribution in [3.8, 4) is 0 Å². The lowest BCUT2D eigenvalue weighted by Crippen LogP contribution is -2.25. The first-order valence-corrected chi connectivity index (χ1v) is 5.44. The normalized spacial score (nSPS) is 9.81. The molecule has 1 amide bonds. The third-order valence-electron chi connectivity index (χ3n) is 2.04. The Kier molecular flexibility index (Phi) is 5.11. The van der Waals surface area contributed by atoms with E-state index in [2.05, 4.69) is 15.6 Å². The molecule has 0 aliphatic heterocycles. The van der Waals surface area contributed by atoms with E-state index in [0.717, 1.165) is 18.7 Å². The van der Waals surface area contributed by atoms with E-state index < -0.39 is 0 Å². The Balaban J connectivity index is 2.20. The molecule has 0 saturated carbocycles. The molecule has 1 aromatic heterocycles. The number of nitrogens with one attached hydrogen (secondary N) is 2. The van der Waals surface area contributed by atoms with Crippen LogP contribution < -0.4 is 16.4 Å². The molecule has 0 aliphatic carbocycles. The Labute approximate surface area is 95.4 Å². The van der Waals surface area contributed by atoms with Crippen molar-refractivity contribution < 1.29 is 4.79 Å². The fraction of sp³-hybridized carbons (Fsp3) is 0.455. The van der Waals surface area contributed by atoms with Crippen LogP contribution in [-0.2, 0) is 4.79 Å². The first-order valence-electron chi connectivity index (χ1n) is 5.44. The smallest absolute Gasteiger partial charge is 0.221 e. The molecule has 0 saturated heterocycles. The molecule has 1 rings (SSSR count). The zero-order valence-electron chi connectivity index (χ0n) is 9.49. The summed E-state index contributed by atoms with van der Waals surface area (Å²) in [5.74, 6) is 0.559. The summed E-state index contributed by atoms with van der Waals surface area (Å²) in [7, 11) is 0. The second kappa shape index (κ2) is 6.66. The van der Waals surface area contributed by atoms with E-state index in [1.54, 1.807) is 12.3 Å². The molecule has 4 N–H and O–H groups in total. The maximum Gasteiger partial charge on any atom is 0.221 e. The van der Waals surface area contributed by atoms with Crippen molar-refractivity contribution in [2.75, 3.05) is 24.1 Å². The van der Waals surface area contributed by atoms with Gasteiger partial charge in [-0.15, -0.1) is 0 Å². The number of nitrogens with two attached hydrogens (primary N) is 1. The van der Waals surface area contributed by atoms with Crippen LogP contribution in [0.2, 0.25) is 0 Å². The highest BCUT2D eigenvalue weighted by Gasteiger charge is 1.99. The number of nitrogen functional groups attached to an aromatic ring is 1. The van der Waals surface area contributed by atoms with E-state index in [-0.39, 0.29) is 5.91 Å². The molecule has 16 heavy (non-hydrogen) atoms. The first-order chi connectivity index (χ1) is 7.72. The van der Waals surface area contributed by atoms with Gasteiger partial charge in [0.05, 0.1) is 11.9 Å². The number of nitrogens with zero attached hydrogens (tertiary/aromatic N) is 1. The van der Waals surface area contributed by atoms with Crippen molar-refractivity contribution in [2.45, 2.75) is 19.8 Å². The maximum absolute atomic E-state index is 11.3. The van der Waals surface area contributed by atoms with Crippen LogP contribution >= 0.6 is 0 Å². The van der Waals surface area contributed by atoms with Crippen molar-refractivity contribution in [3.05, 3.63) is 18.3 Å². The second-order valence-electron chi connectivity index (χ2n) is 3.50. The van der Waals surface area contributed by atoms with Crippen LogP contribution in [0.3, 0.4) is 0 Å². The van der Waals surface area contributed by atoms with Crippen LogP contribution in [0.25, 0.3) is 0 Å². The molecule has 0 atom stereocenters. The van der Waals surface area contributed by atoms with Crippen LogP contribution in [0.1, 0.15) is 19.8 Å². The minimum atomic E-state index is 0.0674. The number of pyridine rings is 1. The minimum absolute atomic E-state index is 0.0674. The van der Waals surface area contributed by atoms with Gasteiger partial charge in [0.15, 0.2) is 0 Å². The topological polar surface area (TPSA) is 80.0 Å². The van der Waals surface area contributed by atoms with Gasteiger partial charge >= 0.3 is 0 Å². The number of hydrogen-bond acceptors (Lipinski definition) is 4. The third-order valence-corrected chi connectivity index (χ3v) is 2.04. The van der Waals surface area contributed by atoms with Crippen LogP contribution in [0, 0.1) is 0 Å². The monoisotopic (exact) mass is 222 g/mol. The fourth-order valence-corrected chi connectivity index (χ4v) is 1.18. The summed E-state index contributed by atoms with van der Waals surface area (Å²) < 4.78 is 0. The van der Waals surface area contributed by atoms with Crippen molar-refractivity contribution in [3.63, 3.8) is 0 Å². The number of anilines is 2. The van der Waals surface area contributed by atoms with Crippen LogP contribution in [0.4, 0.5) is 11.5 Å². The predicted octanol–water partition coefficient (Wildman–Crippen LogP) is 0.992. The largest absolute Gasteiger partial charge is 0.384 e. The van der Waals surface area contributed by atoms with Crippen molar-refractivity contribution in [1.29, 1.82) is 0 Å². The molecule has 0 aromatic carbocycles. The Morgan fingerprint density at radius 1 is 1.44 bits per heavy atom. The van der Waals surface area contributed by atoms with E-state index in [1.807, 2.05) is 13.0 Å². The van der Waals surface area contributed by atoms with Crippen LogP contribution in [-0.4, -0.2) is 24.0 Å². The molecule has 0 fully saturated rings. The van der Waals surface area contributed by atoms with Gasteiger partial charge in [-0.05, 0) is 18.6 Å². The molecule has 5 heteroatoms. The third kappa shape index (κ3) is 4.63. The summed E-state index contributed by atoms with van der Waals surface area (Å²) in [6.07, 6.45) is 3.07. The van der Waals surface area contributed by atoms with Gasteiger partial charge < -0.3 is 16.4 Å². The summed E-state index contributed by atoms with van der Waals surface area (Å²) in [4.78, 5) is 15.2. The molecule has 1 aromatic rings. The Morgan fingerprint density at radius 3 is 2.88 bits per heavy atom. The lowest BCUT2D eigenvalue weighted by molar-refractivity contribution is -0.120. The SMILES string of the molecule is CCCNC(=O)CCNc1ccc(N)nc1. The molecule has 0 aliphatic rings. The molecule has 0 unspecified atom stereocenters. The van der Waals surface area contributed by atoms with Gasteiger partial charge in [0.1, 0.15) is 5.82 Å². The van der Waals surface area contributed by atoms with E-state index in [9.17, 15) is 4.79 Å². The van der Waals surface area contributed by atoms with E-state index in [1.165, 1.54) is 0 Å². The quantitative estimate of drug-likeness (QED) is 0.670. The molecule has 0 radical (unpaired) electrons. The summed E-state index contributed by atoms with van der Waals surface area (Å²) >= 11 is 0. The average Bonchev–Trinajstić information content (AvgIpc) is 2.29. The van der Waals surface area contributed by atoms with Gasteiger partial charge in [-0.1, -0.05) is 6.92 Å². The number of hydrogen-bond donors (Lipinski definition) is 3. The highest BCUT2D eigenvalue weighted by Crippen LogP contribution is 2.06. The lowest BCUT2D eigenvalue weighted by atomic mass is 10.3. The molecule has 88 valence electrons. The second-order valence-corrected chi connectivity index (χ2v) is 3.50. The molecule has 1 heterocycles. The van der Waals surface area contributed by atoms with Gasteiger partial charge in [-0.3, -0.25) is 4.79 Å². The van der Waals surface area contributed by atoms with Gasteiger partial charge in [0.2, 0.25) is 5.91 Å². The maximum atomic E-state index is 11.3. The van der Waals surface area contributed by atoms with Gasteiger partial charge in [-0.25, -0.2) is 4.98 Å². The standard InChI is InChI=1S/C11H18N4O/c1-2-6-14-11(16)5-7-13-9-3-4-10(12)15-8-9/h3-4,8,13H,2,5-7H2,1H3,(H2,12,15)(H,14,16). The Hall–Kier alpha value is -1.78. The molecule has 0 bridgehead atoms. The zero-order valence-corrected chi connectivity index (χ0v) is 9.49. The van der Waals surface area contributed by atoms with Crippen molar-refractivity contribution in [2.24, 2.45) is 0 Å². The van der Waals surface area contributed by atoms with E-state index in [0.29, 0.717) is 18.8 Å². The number of carbonyl (C=O) groups excluding carboxylic acids is 1. The van der Waals surface area contributed by atoms with Crippen molar-refractivity contribution in [1.82, 2.24) is 10.3 Å². The predicted molar refractivity (Wildman–Crippen MR) is 65.1 cm³/mol. The minimum Gasteiger partial charge on any atom is -0.384 e. The van der Waals surface area contributed by atoms with Crippen molar-refractivity contribution >= 4 is 17.4 Å². The number of carbonyl (C=O) groups is 1. The van der Waals surface area contributed by atoms with Gasteiger partial charge in [-0.2, -0.15) is 0 Å². The fourth-order valence-electron chi connectivity index (χ4n) is 1.18. The summed E-state index contributed by atoms with van der Waals surface area (Å²) in [5.41, 5.74) is 6.33. The van der Waals surface area contributed by atoms with Gasteiger partial charge in [0, 0.05) is 19.5 Å². The molecule has 5 nitrogen and oxygen atoms in total. The van der Waals surface area contributed by atoms with E-state index in [4.69, 9.17) is 5.73 Å². The Bertz CT molecular complexity index is 323. The zero-order chi connectivity index (χ0) is 11.8.